The Kier molecular flexibility index (Phi) is 3.65. The average molecular weight is 280 g/mol. The van der Waals surface area contributed by atoms with E-state index in [0.717, 1.165) is 29.2 Å². The predicted octanol–water partition coefficient (Wildman–Crippen LogP) is 2.96. The third kappa shape index (κ3) is 2.59. The van der Waals surface area contributed by atoms with Crippen molar-refractivity contribution in [2.24, 2.45) is 0 Å². The molecule has 0 saturated heterocycles. The van der Waals surface area contributed by atoms with E-state index in [1.165, 1.54) is 19.2 Å². The van der Waals surface area contributed by atoms with Gasteiger partial charge in [-0.15, -0.1) is 0 Å². The number of hydrogen-bond donors (Lipinski definition) is 1. The molecule has 2 aromatic carbocycles. The van der Waals surface area contributed by atoms with Gasteiger partial charge in [-0.25, -0.2) is 13.2 Å². The molecular weight excluding hydrogens is 269 g/mol. The van der Waals surface area contributed by atoms with E-state index in [1.54, 1.807) is 0 Å². The number of carbonyl (C=O) groups is 1. The van der Waals surface area contributed by atoms with E-state index in [9.17, 15) is 18.0 Å². The van der Waals surface area contributed by atoms with Crippen LogP contribution in [0.4, 0.5) is 24.5 Å². The highest BCUT2D eigenvalue weighted by atomic mass is 19.1. The Morgan fingerprint density at radius 2 is 1.65 bits per heavy atom. The Morgan fingerprint density at radius 3 is 2.25 bits per heavy atom. The van der Waals surface area contributed by atoms with Gasteiger partial charge in [0, 0.05) is 12.7 Å². The van der Waals surface area contributed by atoms with Crippen molar-refractivity contribution >= 4 is 17.3 Å². The number of carbonyl (C=O) groups excluding carboxylic acids is 1. The number of rotatable bonds is 2. The number of amides is 1. The summed E-state index contributed by atoms with van der Waals surface area (Å²) >= 11 is 0. The van der Waals surface area contributed by atoms with Gasteiger partial charge < -0.3 is 10.6 Å². The molecule has 2 rings (SSSR count). The first kappa shape index (κ1) is 13.9. The van der Waals surface area contributed by atoms with Crippen LogP contribution in [-0.4, -0.2) is 13.0 Å². The molecule has 104 valence electrons. The Bertz CT molecular complexity index is 656. The standard InChI is InChI=1S/C14H11F3N2O/c1-19(10-4-2-8(15)3-5-10)14(20)11-6-9(16)7-12(18)13(11)17/h2-7H,18H2,1H3. The first-order chi connectivity index (χ1) is 9.40. The van der Waals surface area contributed by atoms with Crippen LogP contribution in [0.5, 0.6) is 0 Å². The minimum absolute atomic E-state index is 0.346. The van der Waals surface area contributed by atoms with Crippen LogP contribution in [0, 0.1) is 17.5 Å². The van der Waals surface area contributed by atoms with Crippen LogP contribution in [-0.2, 0) is 0 Å². The number of anilines is 2. The molecule has 0 spiro atoms. The minimum atomic E-state index is -0.981. The Balaban J connectivity index is 2.38. The van der Waals surface area contributed by atoms with E-state index in [1.807, 2.05) is 0 Å². The van der Waals surface area contributed by atoms with Gasteiger partial charge in [-0.1, -0.05) is 0 Å². The predicted molar refractivity (Wildman–Crippen MR) is 69.9 cm³/mol. The third-order valence-electron chi connectivity index (χ3n) is 2.81. The van der Waals surface area contributed by atoms with E-state index in [2.05, 4.69) is 0 Å². The van der Waals surface area contributed by atoms with Crippen molar-refractivity contribution in [3.63, 3.8) is 0 Å². The van der Waals surface area contributed by atoms with E-state index >= 15 is 0 Å². The van der Waals surface area contributed by atoms with Crippen molar-refractivity contribution in [1.82, 2.24) is 0 Å². The molecule has 1 amide bonds. The number of nitrogens with two attached hydrogens (primary N) is 1. The molecule has 20 heavy (non-hydrogen) atoms. The molecule has 0 aromatic heterocycles. The first-order valence-electron chi connectivity index (χ1n) is 5.68. The molecular formula is C14H11F3N2O. The average Bonchev–Trinajstić information content (AvgIpc) is 2.42. The molecule has 0 aliphatic heterocycles. The summed E-state index contributed by atoms with van der Waals surface area (Å²) in [5.41, 5.74) is 4.71. The van der Waals surface area contributed by atoms with Crippen molar-refractivity contribution in [2.45, 2.75) is 0 Å². The second kappa shape index (κ2) is 5.24. The number of nitrogens with zero attached hydrogens (tertiary/aromatic N) is 1. The molecule has 2 aromatic rings. The summed E-state index contributed by atoms with van der Waals surface area (Å²) in [7, 11) is 1.37. The molecule has 2 N–H and O–H groups in total. The summed E-state index contributed by atoms with van der Waals surface area (Å²) in [6.07, 6.45) is 0. The molecule has 0 aliphatic carbocycles. The van der Waals surface area contributed by atoms with E-state index in [4.69, 9.17) is 5.73 Å². The van der Waals surface area contributed by atoms with Gasteiger partial charge in [0.15, 0.2) is 5.82 Å². The molecule has 0 fully saturated rings. The molecule has 0 aliphatic rings. The Labute approximate surface area is 113 Å². The molecule has 6 heteroatoms. The van der Waals surface area contributed by atoms with Crippen LogP contribution in [0.3, 0.4) is 0 Å². The number of benzene rings is 2. The van der Waals surface area contributed by atoms with E-state index in [-0.39, 0.29) is 0 Å². The summed E-state index contributed by atoms with van der Waals surface area (Å²) in [6.45, 7) is 0. The van der Waals surface area contributed by atoms with Crippen LogP contribution in [0.25, 0.3) is 0 Å². The highest BCUT2D eigenvalue weighted by molar-refractivity contribution is 6.06. The lowest BCUT2D eigenvalue weighted by Crippen LogP contribution is -2.27. The Morgan fingerprint density at radius 1 is 1.05 bits per heavy atom. The van der Waals surface area contributed by atoms with Gasteiger partial charge in [0.25, 0.3) is 5.91 Å². The summed E-state index contributed by atoms with van der Waals surface area (Å²) in [5.74, 6) is -3.03. The normalized spacial score (nSPS) is 10.4. The van der Waals surface area contributed by atoms with Gasteiger partial charge in [0.05, 0.1) is 11.3 Å². The van der Waals surface area contributed by atoms with E-state index in [0.29, 0.717) is 5.69 Å². The molecule has 0 radical (unpaired) electrons. The zero-order chi connectivity index (χ0) is 14.9. The summed E-state index contributed by atoms with van der Waals surface area (Å²) in [4.78, 5) is 13.2. The van der Waals surface area contributed by atoms with Gasteiger partial charge in [-0.2, -0.15) is 0 Å². The fourth-order valence-corrected chi connectivity index (χ4v) is 1.73. The van der Waals surface area contributed by atoms with Gasteiger partial charge >= 0.3 is 0 Å². The lowest BCUT2D eigenvalue weighted by Gasteiger charge is -2.18. The van der Waals surface area contributed by atoms with Crippen LogP contribution in [0.15, 0.2) is 36.4 Å². The monoisotopic (exact) mass is 280 g/mol. The largest absolute Gasteiger partial charge is 0.396 e. The van der Waals surface area contributed by atoms with Crippen LogP contribution in [0.1, 0.15) is 10.4 Å². The zero-order valence-electron chi connectivity index (χ0n) is 10.5. The third-order valence-corrected chi connectivity index (χ3v) is 2.81. The Hall–Kier alpha value is -2.50. The fourth-order valence-electron chi connectivity index (χ4n) is 1.73. The van der Waals surface area contributed by atoms with Crippen molar-refractivity contribution < 1.29 is 18.0 Å². The smallest absolute Gasteiger partial charge is 0.261 e. The molecule has 0 atom stereocenters. The maximum absolute atomic E-state index is 13.8. The SMILES string of the molecule is CN(C(=O)c1cc(F)cc(N)c1F)c1ccc(F)cc1. The van der Waals surface area contributed by atoms with Crippen LogP contribution >= 0.6 is 0 Å². The number of nitrogen functional groups attached to an aromatic ring is 1. The van der Waals surface area contributed by atoms with Crippen molar-refractivity contribution in [1.29, 1.82) is 0 Å². The van der Waals surface area contributed by atoms with Crippen molar-refractivity contribution in [3.8, 4) is 0 Å². The maximum atomic E-state index is 13.8. The topological polar surface area (TPSA) is 46.3 Å². The molecule has 0 bridgehead atoms. The van der Waals surface area contributed by atoms with Crippen LogP contribution in [0.2, 0.25) is 0 Å². The van der Waals surface area contributed by atoms with Crippen molar-refractivity contribution in [3.05, 3.63) is 59.4 Å². The van der Waals surface area contributed by atoms with Gasteiger partial charge in [0.2, 0.25) is 0 Å². The van der Waals surface area contributed by atoms with Gasteiger partial charge in [-0.05, 0) is 36.4 Å². The van der Waals surface area contributed by atoms with Gasteiger partial charge in [-0.3, -0.25) is 4.79 Å². The number of halogens is 3. The quantitative estimate of drug-likeness (QED) is 0.860. The van der Waals surface area contributed by atoms with Gasteiger partial charge in [0.1, 0.15) is 11.6 Å². The second-order valence-electron chi connectivity index (χ2n) is 4.20. The van der Waals surface area contributed by atoms with E-state index < -0.39 is 34.6 Å². The molecule has 0 heterocycles. The first-order valence-corrected chi connectivity index (χ1v) is 5.68. The molecule has 0 unspecified atom stereocenters. The lowest BCUT2D eigenvalue weighted by atomic mass is 10.1. The number of hydrogen-bond acceptors (Lipinski definition) is 2. The maximum Gasteiger partial charge on any atom is 0.261 e. The minimum Gasteiger partial charge on any atom is -0.396 e. The van der Waals surface area contributed by atoms with Crippen LogP contribution < -0.4 is 10.6 Å². The summed E-state index contributed by atoms with van der Waals surface area (Å²) in [6, 6.07) is 6.60. The zero-order valence-corrected chi connectivity index (χ0v) is 10.5. The fraction of sp³-hybridized carbons (Fsp3) is 0.0714. The van der Waals surface area contributed by atoms with Crippen molar-refractivity contribution in [2.75, 3.05) is 17.7 Å². The highest BCUT2D eigenvalue weighted by Gasteiger charge is 2.20. The molecule has 0 saturated carbocycles. The summed E-state index contributed by atoms with van der Waals surface area (Å²) < 4.78 is 39.8. The molecule has 3 nitrogen and oxygen atoms in total. The summed E-state index contributed by atoms with van der Waals surface area (Å²) in [5, 5.41) is 0. The second-order valence-corrected chi connectivity index (χ2v) is 4.20. The highest BCUT2D eigenvalue weighted by Crippen LogP contribution is 2.21. The lowest BCUT2D eigenvalue weighted by molar-refractivity contribution is 0.0988.